The summed E-state index contributed by atoms with van der Waals surface area (Å²) in [6.45, 7) is 4.67. The zero-order valence-electron chi connectivity index (χ0n) is 18.5. The second-order valence-corrected chi connectivity index (χ2v) is 9.51. The molecule has 3 aromatic rings. The number of nitrogens with zero attached hydrogens (tertiary/aromatic N) is 4. The number of benzene rings is 1. The van der Waals surface area contributed by atoms with Crippen molar-refractivity contribution in [2.24, 2.45) is 5.92 Å². The summed E-state index contributed by atoms with van der Waals surface area (Å²) in [5.74, 6) is 3.50. The van der Waals surface area contributed by atoms with Crippen LogP contribution in [0, 0.1) is 5.92 Å². The highest BCUT2D eigenvalue weighted by atomic mass is 15.4. The van der Waals surface area contributed by atoms with Crippen molar-refractivity contribution in [2.75, 3.05) is 26.7 Å². The summed E-state index contributed by atoms with van der Waals surface area (Å²) in [4.78, 5) is 12.0. The van der Waals surface area contributed by atoms with Crippen molar-refractivity contribution in [3.8, 4) is 0 Å². The second kappa shape index (κ2) is 8.89. The summed E-state index contributed by atoms with van der Waals surface area (Å²) in [5, 5.41) is 0. The molecule has 0 unspecified atom stereocenters. The summed E-state index contributed by atoms with van der Waals surface area (Å²) >= 11 is 0. The molecule has 0 spiro atoms. The quantitative estimate of drug-likeness (QED) is 0.477. The molecule has 0 atom stereocenters. The summed E-state index contributed by atoms with van der Waals surface area (Å²) in [6.07, 6.45) is 8.99. The van der Waals surface area contributed by atoms with Crippen LogP contribution in [0.4, 0.5) is 11.6 Å². The molecular weight excluding hydrogens is 380 g/mol. The molecule has 2 aliphatic rings. The summed E-state index contributed by atoms with van der Waals surface area (Å²) < 4.78 is 0.661. The summed E-state index contributed by atoms with van der Waals surface area (Å²) in [7, 11) is 2.26. The second-order valence-electron chi connectivity index (χ2n) is 9.51. The number of rotatable bonds is 7. The Morgan fingerprint density at radius 3 is 2.00 bits per heavy atom. The highest BCUT2D eigenvalue weighted by Gasteiger charge is 2.40. The van der Waals surface area contributed by atoms with Gasteiger partial charge in [-0.3, -0.25) is 4.90 Å². The molecule has 3 heterocycles. The van der Waals surface area contributed by atoms with Gasteiger partial charge in [-0.25, -0.2) is 14.5 Å². The smallest absolute Gasteiger partial charge is 0.233 e. The molecule has 5 rings (SSSR count). The molecule has 1 aliphatic carbocycles. The maximum absolute atomic E-state index is 4.70. The molecule has 4 nitrogen and oxygen atoms in total. The third kappa shape index (κ3) is 4.41. The van der Waals surface area contributed by atoms with Crippen LogP contribution in [0.2, 0.25) is 0 Å². The standard InChI is InChI=1S/C27H33N4/c1-31(26-8-2-4-14-28-26,27-9-3-5-15-29-27)21-23-18-25(19-23)24-12-10-22(11-13-24)20-30-16-6-7-17-30/h2-5,8-15,23,25H,6-7,16-21H2,1H3/q+1. The number of hydrogen-bond acceptors (Lipinski definition) is 3. The Hall–Kier alpha value is -2.56. The molecule has 1 aromatic carbocycles. The SMILES string of the molecule is C[N+](CC1CC(c2ccc(CN3CCCC3)cc2)C1)(c1ccccn1)c1ccccn1. The van der Waals surface area contributed by atoms with E-state index in [9.17, 15) is 0 Å². The molecule has 1 aliphatic heterocycles. The van der Waals surface area contributed by atoms with Gasteiger partial charge in [0, 0.05) is 37.0 Å². The van der Waals surface area contributed by atoms with Crippen molar-refractivity contribution < 1.29 is 0 Å². The van der Waals surface area contributed by atoms with Crippen LogP contribution in [0.25, 0.3) is 0 Å². The minimum atomic E-state index is 0.661. The van der Waals surface area contributed by atoms with Gasteiger partial charge in [-0.05, 0) is 68.0 Å². The van der Waals surface area contributed by atoms with Crippen LogP contribution in [-0.2, 0) is 6.54 Å². The summed E-state index contributed by atoms with van der Waals surface area (Å²) in [5.41, 5.74) is 2.96. The van der Waals surface area contributed by atoms with Gasteiger partial charge in [-0.15, -0.1) is 0 Å². The highest BCUT2D eigenvalue weighted by Crippen LogP contribution is 2.44. The first-order valence-corrected chi connectivity index (χ1v) is 11.7. The Balaban J connectivity index is 1.24. The molecule has 1 saturated carbocycles. The molecule has 0 radical (unpaired) electrons. The fraction of sp³-hybridized carbons (Fsp3) is 0.407. The van der Waals surface area contributed by atoms with Gasteiger partial charge in [0.2, 0.25) is 11.6 Å². The number of aromatic nitrogens is 2. The Morgan fingerprint density at radius 1 is 0.839 bits per heavy atom. The predicted molar refractivity (Wildman–Crippen MR) is 127 cm³/mol. The van der Waals surface area contributed by atoms with E-state index in [1.165, 1.54) is 49.9 Å². The number of pyridine rings is 2. The predicted octanol–water partition coefficient (Wildman–Crippen LogP) is 5.54. The van der Waals surface area contributed by atoms with Crippen LogP contribution in [0.1, 0.15) is 42.7 Å². The van der Waals surface area contributed by atoms with Gasteiger partial charge in [0.25, 0.3) is 0 Å². The van der Waals surface area contributed by atoms with Crippen molar-refractivity contribution in [3.63, 3.8) is 0 Å². The van der Waals surface area contributed by atoms with Gasteiger partial charge < -0.3 is 0 Å². The lowest BCUT2D eigenvalue weighted by molar-refractivity contribution is 0.211. The molecule has 0 amide bonds. The molecule has 160 valence electrons. The van der Waals surface area contributed by atoms with Crippen LogP contribution in [0.5, 0.6) is 0 Å². The van der Waals surface area contributed by atoms with Crippen molar-refractivity contribution in [1.29, 1.82) is 0 Å². The highest BCUT2D eigenvalue weighted by molar-refractivity contribution is 5.49. The minimum absolute atomic E-state index is 0.661. The maximum Gasteiger partial charge on any atom is 0.233 e. The molecule has 31 heavy (non-hydrogen) atoms. The lowest BCUT2D eigenvalue weighted by atomic mass is 9.71. The lowest BCUT2D eigenvalue weighted by Crippen LogP contribution is -2.47. The summed E-state index contributed by atoms with van der Waals surface area (Å²) in [6, 6.07) is 21.8. The normalized spacial score (nSPS) is 21.7. The largest absolute Gasteiger partial charge is 0.299 e. The first-order chi connectivity index (χ1) is 15.2. The number of quaternary nitrogens is 1. The third-order valence-electron chi connectivity index (χ3n) is 7.22. The van der Waals surface area contributed by atoms with Crippen LogP contribution >= 0.6 is 0 Å². The minimum Gasteiger partial charge on any atom is -0.299 e. The van der Waals surface area contributed by atoms with E-state index in [4.69, 9.17) is 9.97 Å². The maximum atomic E-state index is 4.70. The van der Waals surface area contributed by atoms with E-state index < -0.39 is 0 Å². The van der Waals surface area contributed by atoms with E-state index in [1.807, 2.05) is 24.5 Å². The van der Waals surface area contributed by atoms with Crippen LogP contribution in [-0.4, -0.2) is 41.5 Å². The van der Waals surface area contributed by atoms with Gasteiger partial charge >= 0.3 is 0 Å². The average Bonchev–Trinajstić information content (AvgIpc) is 3.31. The van der Waals surface area contributed by atoms with Crippen LogP contribution in [0.15, 0.2) is 73.1 Å². The zero-order chi connectivity index (χ0) is 21.1. The molecule has 1 saturated heterocycles. The van der Waals surface area contributed by atoms with Crippen LogP contribution in [0.3, 0.4) is 0 Å². The van der Waals surface area contributed by atoms with E-state index in [2.05, 4.69) is 60.5 Å². The van der Waals surface area contributed by atoms with E-state index in [0.29, 0.717) is 16.3 Å². The van der Waals surface area contributed by atoms with E-state index in [0.717, 1.165) is 24.7 Å². The van der Waals surface area contributed by atoms with Gasteiger partial charge in [0.15, 0.2) is 0 Å². The van der Waals surface area contributed by atoms with Crippen LogP contribution < -0.4 is 4.48 Å². The number of hydrogen-bond donors (Lipinski definition) is 0. The molecule has 0 bridgehead atoms. The molecule has 2 aromatic heterocycles. The van der Waals surface area contributed by atoms with Gasteiger partial charge in [0.05, 0.1) is 13.6 Å². The fourth-order valence-electron chi connectivity index (χ4n) is 5.36. The molecular formula is C27H33N4+. The molecule has 0 N–H and O–H groups in total. The van der Waals surface area contributed by atoms with Crippen molar-refractivity contribution >= 4 is 11.6 Å². The Bertz CT molecular complexity index is 920. The average molecular weight is 414 g/mol. The fourth-order valence-corrected chi connectivity index (χ4v) is 5.36. The third-order valence-corrected chi connectivity index (χ3v) is 7.22. The Morgan fingerprint density at radius 2 is 1.45 bits per heavy atom. The Kier molecular flexibility index (Phi) is 5.84. The van der Waals surface area contributed by atoms with Gasteiger partial charge in [-0.2, -0.15) is 0 Å². The Labute approximate surface area is 186 Å². The molecule has 2 fully saturated rings. The number of likely N-dealkylation sites (tertiary alicyclic amines) is 1. The van der Waals surface area contributed by atoms with E-state index >= 15 is 0 Å². The van der Waals surface area contributed by atoms with Gasteiger partial charge in [0.1, 0.15) is 0 Å². The first-order valence-electron chi connectivity index (χ1n) is 11.7. The van der Waals surface area contributed by atoms with Crippen molar-refractivity contribution in [3.05, 3.63) is 84.2 Å². The monoisotopic (exact) mass is 413 g/mol. The first kappa shape index (κ1) is 20.3. The zero-order valence-corrected chi connectivity index (χ0v) is 18.5. The molecule has 4 heteroatoms. The van der Waals surface area contributed by atoms with E-state index in [1.54, 1.807) is 0 Å². The van der Waals surface area contributed by atoms with E-state index in [-0.39, 0.29) is 0 Å². The topological polar surface area (TPSA) is 29.0 Å². The lowest BCUT2D eigenvalue weighted by Gasteiger charge is -2.41. The van der Waals surface area contributed by atoms with Crippen molar-refractivity contribution in [1.82, 2.24) is 19.4 Å². The van der Waals surface area contributed by atoms with Crippen molar-refractivity contribution in [2.45, 2.75) is 38.1 Å². The van der Waals surface area contributed by atoms with Gasteiger partial charge in [-0.1, -0.05) is 36.4 Å².